The van der Waals surface area contributed by atoms with E-state index in [1.54, 1.807) is 25.4 Å². The summed E-state index contributed by atoms with van der Waals surface area (Å²) < 4.78 is 46.5. The summed E-state index contributed by atoms with van der Waals surface area (Å²) >= 11 is 0. The Kier molecular flexibility index (Phi) is 12.0. The van der Waals surface area contributed by atoms with Crippen molar-refractivity contribution in [3.05, 3.63) is 54.7 Å². The van der Waals surface area contributed by atoms with Crippen LogP contribution < -0.4 is 24.2 Å². The zero-order valence-corrected chi connectivity index (χ0v) is 38.5. The van der Waals surface area contributed by atoms with Crippen molar-refractivity contribution in [3.8, 4) is 28.8 Å². The summed E-state index contributed by atoms with van der Waals surface area (Å²) in [7, 11) is -2.37. The van der Waals surface area contributed by atoms with Crippen LogP contribution in [0.3, 0.4) is 0 Å². The molecular weight excluding hydrogens is 853 g/mol. The average molecular weight is 913 g/mol. The van der Waals surface area contributed by atoms with E-state index < -0.39 is 74.7 Å². The van der Waals surface area contributed by atoms with E-state index in [0.29, 0.717) is 78.6 Å². The minimum Gasteiger partial charge on any atom is -0.497 e. The van der Waals surface area contributed by atoms with Crippen LogP contribution in [-0.4, -0.2) is 112 Å². The molecule has 4 aliphatic carbocycles. The van der Waals surface area contributed by atoms with Gasteiger partial charge in [-0.3, -0.25) is 24.0 Å². The molecule has 6 aliphatic rings. The molecule has 16 nitrogen and oxygen atoms in total. The lowest BCUT2D eigenvalue weighted by molar-refractivity contribution is -0.145. The molecule has 3 N–H and O–H groups in total. The topological polar surface area (TPSA) is 207 Å². The Hall–Kier alpha value is -5.45. The number of ether oxygens (including phenoxy) is 3. The minimum absolute atomic E-state index is 0.0132. The Balaban J connectivity index is 1.09. The fourth-order valence-corrected chi connectivity index (χ4v) is 12.0. The summed E-state index contributed by atoms with van der Waals surface area (Å²) in [5, 5.41) is 14.6. The predicted molar refractivity (Wildman–Crippen MR) is 240 cm³/mol. The number of hydrogen-bond acceptors (Lipinski definition) is 11. The molecule has 1 saturated heterocycles. The van der Waals surface area contributed by atoms with E-state index in [-0.39, 0.29) is 43.3 Å². The van der Waals surface area contributed by atoms with Crippen molar-refractivity contribution in [2.45, 2.75) is 133 Å². The molecule has 4 saturated carbocycles. The van der Waals surface area contributed by atoms with E-state index in [9.17, 15) is 27.9 Å². The Labute approximate surface area is 379 Å². The van der Waals surface area contributed by atoms with Gasteiger partial charge in [0.1, 0.15) is 29.5 Å². The van der Waals surface area contributed by atoms with Gasteiger partial charge in [0.25, 0.3) is 5.91 Å². The van der Waals surface area contributed by atoms with Gasteiger partial charge >= 0.3 is 6.09 Å². The molecule has 4 amide bonds. The molecule has 0 radical (unpaired) electrons. The Morgan fingerprint density at radius 1 is 1.02 bits per heavy atom. The molecule has 2 aliphatic heterocycles. The summed E-state index contributed by atoms with van der Waals surface area (Å²) in [4.78, 5) is 70.1. The molecule has 0 bridgehead atoms. The molecule has 348 valence electrons. The van der Waals surface area contributed by atoms with Crippen LogP contribution in [0.15, 0.2) is 54.7 Å². The van der Waals surface area contributed by atoms with Gasteiger partial charge in [-0.25, -0.2) is 23.2 Å². The van der Waals surface area contributed by atoms with Gasteiger partial charge in [-0.1, -0.05) is 26.0 Å². The van der Waals surface area contributed by atoms with Crippen LogP contribution in [0.1, 0.15) is 91.9 Å². The molecule has 1 aromatic carbocycles. The van der Waals surface area contributed by atoms with E-state index in [1.165, 1.54) is 9.80 Å². The number of hydrogen-bond donors (Lipinski definition) is 3. The highest BCUT2D eigenvalue weighted by molar-refractivity contribution is 7.91. The van der Waals surface area contributed by atoms with Crippen LogP contribution in [0.4, 0.5) is 4.79 Å². The van der Waals surface area contributed by atoms with E-state index >= 15 is 4.79 Å². The summed E-state index contributed by atoms with van der Waals surface area (Å²) in [6, 6.07) is 8.38. The van der Waals surface area contributed by atoms with Gasteiger partial charge in [-0.2, -0.15) is 0 Å². The fraction of sp³-hybridized carbons (Fsp3) is 0.583. The fourth-order valence-electron chi connectivity index (χ4n) is 10.7. The van der Waals surface area contributed by atoms with Crippen LogP contribution in [0.5, 0.6) is 17.5 Å². The molecule has 2 aromatic heterocycles. The van der Waals surface area contributed by atoms with Gasteiger partial charge < -0.3 is 29.5 Å². The first-order valence-corrected chi connectivity index (χ1v) is 24.7. The third-order valence-electron chi connectivity index (χ3n) is 14.4. The normalized spacial score (nSPS) is 31.7. The molecule has 0 spiro atoms. The second-order valence-electron chi connectivity index (χ2n) is 19.7. The number of rotatable bonds is 11. The Morgan fingerprint density at radius 2 is 1.78 bits per heavy atom. The minimum atomic E-state index is -3.95. The zero-order valence-electron chi connectivity index (χ0n) is 37.6. The standard InChI is InChI=1S/C48H60N6O10S/c1-26(2)63-41-15-10-29(24-49-41)39-21-32-20-35(62-5)11-14-38(32)44(50-39)64-36-22-40-43(55)51-48(46(57)52-65(60,61)37-12-13-37)23-33(48)9-7-6-8-27(3)16-28(4)42(45(56)53(40)25-36)54(47(58)59)34-18-30-17-31(30)19-34/h7,9-11,14-15,20-21,24,26-28,30-31,33-34,36-37,40,42H,6,8,12-13,16-19,22-23,25H2,1-5H3,(H,51,55)(H,52,57)(H,58,59)/b9-7-/t27-,28+,30-,31?,33+,34?,36+,40-,42-,48+/m0/s1. The van der Waals surface area contributed by atoms with Crippen molar-refractivity contribution in [1.82, 2.24) is 29.8 Å². The van der Waals surface area contributed by atoms with Crippen LogP contribution in [0.25, 0.3) is 22.0 Å². The van der Waals surface area contributed by atoms with Crippen molar-refractivity contribution in [2.75, 3.05) is 13.7 Å². The molecule has 5 fully saturated rings. The summed E-state index contributed by atoms with van der Waals surface area (Å²) in [5.41, 5.74) is -0.328. The van der Waals surface area contributed by atoms with E-state index in [2.05, 4.69) is 21.9 Å². The number of methoxy groups -OCH3 is 1. The van der Waals surface area contributed by atoms with Gasteiger partial charge in [0, 0.05) is 41.6 Å². The smallest absolute Gasteiger partial charge is 0.408 e. The lowest BCUT2D eigenvalue weighted by atomic mass is 9.86. The van der Waals surface area contributed by atoms with Crippen molar-refractivity contribution >= 4 is 44.6 Å². The highest BCUT2D eigenvalue weighted by Gasteiger charge is 2.62. The molecule has 65 heavy (non-hydrogen) atoms. The number of sulfonamides is 1. The second kappa shape index (κ2) is 17.4. The SMILES string of the molecule is COc1ccc2c(O[C@@H]3C[C@H]4C(=O)N[C@]5(C(=O)NS(=O)(=O)C6CC6)C[C@H]5/C=C\CC[C@H](C)C[C@@H](C)[C@H](N(C(=O)O)C5CC6C[C@H]6C5)C(=O)N4C3)nc(-c3ccc(OC(C)C)nc3)cc2c1. The van der Waals surface area contributed by atoms with Gasteiger partial charge in [-0.05, 0) is 131 Å². The molecule has 2 unspecified atom stereocenters. The molecule has 3 aromatic rings. The van der Waals surface area contributed by atoms with Crippen molar-refractivity contribution in [1.29, 1.82) is 0 Å². The molecule has 10 atom stereocenters. The van der Waals surface area contributed by atoms with Crippen molar-refractivity contribution < 1.29 is 46.9 Å². The monoisotopic (exact) mass is 912 g/mol. The Morgan fingerprint density at radius 3 is 2.46 bits per heavy atom. The summed E-state index contributed by atoms with van der Waals surface area (Å²) in [6.07, 6.45) is 8.97. The summed E-state index contributed by atoms with van der Waals surface area (Å²) in [6.45, 7) is 7.78. The first-order chi connectivity index (χ1) is 31.0. The van der Waals surface area contributed by atoms with E-state index in [0.717, 1.165) is 18.2 Å². The van der Waals surface area contributed by atoms with Gasteiger partial charge in [0.05, 0.1) is 30.7 Å². The highest BCUT2D eigenvalue weighted by atomic mass is 32.2. The second-order valence-corrected chi connectivity index (χ2v) is 21.7. The molecule has 9 rings (SSSR count). The highest BCUT2D eigenvalue weighted by Crippen LogP contribution is 2.54. The number of carbonyl (C=O) groups is 4. The summed E-state index contributed by atoms with van der Waals surface area (Å²) in [5.74, 6) is -0.505. The third kappa shape index (κ3) is 9.21. The number of allylic oxidation sites excluding steroid dienone is 1. The molecule has 17 heteroatoms. The van der Waals surface area contributed by atoms with Gasteiger partial charge in [-0.15, -0.1) is 0 Å². The number of fused-ring (bicyclic) bond motifs is 4. The van der Waals surface area contributed by atoms with Gasteiger partial charge in [0.15, 0.2) is 0 Å². The lowest BCUT2D eigenvalue weighted by Crippen LogP contribution is -2.61. The van der Waals surface area contributed by atoms with Crippen LogP contribution in [0.2, 0.25) is 0 Å². The lowest BCUT2D eigenvalue weighted by Gasteiger charge is -2.40. The number of benzene rings is 1. The Bertz CT molecular complexity index is 2490. The number of pyridine rings is 2. The quantitative estimate of drug-likeness (QED) is 0.187. The number of aromatic nitrogens is 2. The van der Waals surface area contributed by atoms with Crippen LogP contribution >= 0.6 is 0 Å². The number of carboxylic acid groups (broad SMARTS) is 1. The van der Waals surface area contributed by atoms with Crippen LogP contribution in [0, 0.1) is 29.6 Å². The maximum absolute atomic E-state index is 15.5. The largest absolute Gasteiger partial charge is 0.497 e. The van der Waals surface area contributed by atoms with Crippen molar-refractivity contribution in [3.63, 3.8) is 0 Å². The average Bonchev–Trinajstić information content (AvgIpc) is 4.23. The first kappa shape index (κ1) is 44.7. The maximum atomic E-state index is 15.5. The number of nitrogens with one attached hydrogen (secondary N) is 2. The zero-order chi connectivity index (χ0) is 45.9. The maximum Gasteiger partial charge on any atom is 0.408 e. The van der Waals surface area contributed by atoms with Crippen LogP contribution in [-0.2, 0) is 24.4 Å². The number of carbonyl (C=O) groups excluding carboxylic acids is 3. The van der Waals surface area contributed by atoms with E-state index in [4.69, 9.17) is 19.2 Å². The predicted octanol–water partition coefficient (Wildman–Crippen LogP) is 6.08. The number of amides is 4. The van der Waals surface area contributed by atoms with Gasteiger partial charge in [0.2, 0.25) is 33.6 Å². The molecular formula is C48H60N6O10S. The van der Waals surface area contributed by atoms with E-state index in [1.807, 2.05) is 57.2 Å². The first-order valence-electron chi connectivity index (χ1n) is 23.2. The number of nitrogens with zero attached hydrogens (tertiary/aromatic N) is 4. The van der Waals surface area contributed by atoms with Crippen molar-refractivity contribution in [2.24, 2.45) is 29.6 Å². The third-order valence-corrected chi connectivity index (χ3v) is 16.2. The molecule has 4 heterocycles.